The van der Waals surface area contributed by atoms with E-state index in [1.54, 1.807) is 0 Å². The number of ether oxygens (including phenoxy) is 4. The van der Waals surface area contributed by atoms with Crippen LogP contribution in [0.25, 0.3) is 0 Å². The Morgan fingerprint density at radius 2 is 1.53 bits per heavy atom. The quantitative estimate of drug-likeness (QED) is 0.507. The lowest BCUT2D eigenvalue weighted by atomic mass is 9.93. The topological polar surface area (TPSA) is 106 Å². The van der Waals surface area contributed by atoms with E-state index in [0.717, 1.165) is 11.1 Å². The van der Waals surface area contributed by atoms with Gasteiger partial charge in [-0.05, 0) is 11.1 Å². The molecule has 1 aliphatic rings. The molecular weight excluding hydrogens is 414 g/mol. The highest BCUT2D eigenvalue weighted by molar-refractivity contribution is 5.73. The fourth-order valence-electron chi connectivity index (χ4n) is 3.79. The summed E-state index contributed by atoms with van der Waals surface area (Å²) in [5, 5.41) is 22.9. The van der Waals surface area contributed by atoms with Crippen LogP contribution in [0.4, 0.5) is 0 Å². The number of hydrogen-bond acceptors (Lipinski definition) is 7. The molecule has 2 aromatic rings. The first kappa shape index (κ1) is 24.3. The second-order valence-electron chi connectivity index (χ2n) is 7.70. The summed E-state index contributed by atoms with van der Waals surface area (Å²) in [6.07, 6.45) is -4.56. The van der Waals surface area contributed by atoms with E-state index in [1.165, 1.54) is 14.0 Å². The summed E-state index contributed by atoms with van der Waals surface area (Å²) >= 11 is 0. The number of nitrogens with one attached hydrogen (secondary N) is 1. The standard InChI is InChI=1S/C24H31NO7/c1-16(27)25-20-22(30-14-17-9-5-3-6-10-17)23(31-15-18-11-7-4-8-12-18)21(19(28)13-26)32-24(20)29-2/h3-12,19-24,26,28H,13-15H2,1-2H3,(H,25,27)/t19-,20+,21+,22+,23+,24+/m0/s1. The predicted octanol–water partition coefficient (Wildman–Crippen LogP) is 1.39. The molecule has 0 unspecified atom stereocenters. The Morgan fingerprint density at radius 3 is 2.00 bits per heavy atom. The van der Waals surface area contributed by atoms with Crippen LogP contribution in [0.15, 0.2) is 60.7 Å². The molecule has 0 aromatic heterocycles. The van der Waals surface area contributed by atoms with Gasteiger partial charge in [-0.25, -0.2) is 0 Å². The van der Waals surface area contributed by atoms with Gasteiger partial charge in [-0.15, -0.1) is 0 Å². The summed E-state index contributed by atoms with van der Waals surface area (Å²) in [6, 6.07) is 18.5. The second-order valence-corrected chi connectivity index (χ2v) is 7.70. The number of benzene rings is 2. The van der Waals surface area contributed by atoms with Crippen LogP contribution >= 0.6 is 0 Å². The molecule has 1 amide bonds. The van der Waals surface area contributed by atoms with Crippen molar-refractivity contribution in [2.24, 2.45) is 0 Å². The van der Waals surface area contributed by atoms with Crippen LogP contribution in [0.2, 0.25) is 0 Å². The van der Waals surface area contributed by atoms with Gasteiger partial charge in [-0.1, -0.05) is 60.7 Å². The molecule has 0 spiro atoms. The van der Waals surface area contributed by atoms with Crippen LogP contribution in [0.1, 0.15) is 18.1 Å². The molecule has 0 saturated carbocycles. The van der Waals surface area contributed by atoms with Gasteiger partial charge in [0.1, 0.15) is 30.5 Å². The third-order valence-corrected chi connectivity index (χ3v) is 5.33. The summed E-state index contributed by atoms with van der Waals surface area (Å²) in [4.78, 5) is 11.9. The van der Waals surface area contributed by atoms with Crippen LogP contribution in [-0.2, 0) is 37.0 Å². The molecule has 0 radical (unpaired) electrons. The molecule has 1 saturated heterocycles. The van der Waals surface area contributed by atoms with Crippen molar-refractivity contribution >= 4 is 5.91 Å². The van der Waals surface area contributed by atoms with E-state index >= 15 is 0 Å². The van der Waals surface area contributed by atoms with Crippen molar-refractivity contribution in [1.29, 1.82) is 0 Å². The molecule has 3 N–H and O–H groups in total. The van der Waals surface area contributed by atoms with Crippen LogP contribution in [-0.4, -0.2) is 66.6 Å². The highest BCUT2D eigenvalue weighted by atomic mass is 16.7. The maximum atomic E-state index is 11.9. The number of carbonyl (C=O) groups is 1. The molecule has 8 nitrogen and oxygen atoms in total. The Balaban J connectivity index is 1.89. The van der Waals surface area contributed by atoms with Gasteiger partial charge >= 0.3 is 0 Å². The van der Waals surface area contributed by atoms with Crippen LogP contribution < -0.4 is 5.32 Å². The van der Waals surface area contributed by atoms with Gasteiger partial charge in [0.05, 0.1) is 19.8 Å². The molecular formula is C24H31NO7. The van der Waals surface area contributed by atoms with Gasteiger partial charge in [0.15, 0.2) is 6.29 Å². The molecule has 32 heavy (non-hydrogen) atoms. The number of methoxy groups -OCH3 is 1. The molecule has 6 atom stereocenters. The number of rotatable bonds is 10. The van der Waals surface area contributed by atoms with Gasteiger partial charge in [0.25, 0.3) is 0 Å². The van der Waals surface area contributed by atoms with Crippen molar-refractivity contribution < 1.29 is 34.0 Å². The lowest BCUT2D eigenvalue weighted by Crippen LogP contribution is -2.67. The smallest absolute Gasteiger partial charge is 0.217 e. The van der Waals surface area contributed by atoms with Crippen molar-refractivity contribution in [3.8, 4) is 0 Å². The first-order valence-electron chi connectivity index (χ1n) is 10.6. The third-order valence-electron chi connectivity index (χ3n) is 5.33. The molecule has 8 heteroatoms. The number of aliphatic hydroxyl groups excluding tert-OH is 2. The van der Waals surface area contributed by atoms with Crippen molar-refractivity contribution in [3.05, 3.63) is 71.8 Å². The molecule has 0 aliphatic carbocycles. The lowest BCUT2D eigenvalue weighted by molar-refractivity contribution is -0.294. The van der Waals surface area contributed by atoms with E-state index in [1.807, 2.05) is 60.7 Å². The zero-order valence-corrected chi connectivity index (χ0v) is 18.3. The Hall–Kier alpha value is -2.33. The molecule has 3 rings (SSSR count). The third kappa shape index (κ3) is 6.35. The highest BCUT2D eigenvalue weighted by Gasteiger charge is 2.50. The molecule has 1 heterocycles. The van der Waals surface area contributed by atoms with E-state index in [4.69, 9.17) is 18.9 Å². The highest BCUT2D eigenvalue weighted by Crippen LogP contribution is 2.30. The summed E-state index contributed by atoms with van der Waals surface area (Å²) < 4.78 is 23.8. The largest absolute Gasteiger partial charge is 0.394 e. The van der Waals surface area contributed by atoms with Gasteiger partial charge in [-0.3, -0.25) is 4.79 Å². The fraction of sp³-hybridized carbons (Fsp3) is 0.458. The van der Waals surface area contributed by atoms with Crippen molar-refractivity contribution in [1.82, 2.24) is 5.32 Å². The SMILES string of the molecule is CO[C@@H]1O[C@H]([C@@H](O)CO)[C@@H](OCc2ccccc2)[C@H](OCc2ccccc2)[C@H]1NC(C)=O. The van der Waals surface area contributed by atoms with Crippen molar-refractivity contribution in [2.45, 2.75) is 56.9 Å². The molecule has 2 aromatic carbocycles. The summed E-state index contributed by atoms with van der Waals surface area (Å²) in [5.74, 6) is -0.281. The number of carbonyl (C=O) groups excluding carboxylic acids is 1. The summed E-state index contributed by atoms with van der Waals surface area (Å²) in [5.41, 5.74) is 1.87. The van der Waals surface area contributed by atoms with Crippen LogP contribution in [0, 0.1) is 0 Å². The zero-order valence-electron chi connectivity index (χ0n) is 18.3. The van der Waals surface area contributed by atoms with Crippen LogP contribution in [0.5, 0.6) is 0 Å². The number of amides is 1. The van der Waals surface area contributed by atoms with Crippen LogP contribution in [0.3, 0.4) is 0 Å². The summed E-state index contributed by atoms with van der Waals surface area (Å²) in [6.45, 7) is 1.36. The maximum Gasteiger partial charge on any atom is 0.217 e. The van der Waals surface area contributed by atoms with Gasteiger partial charge in [0, 0.05) is 14.0 Å². The molecule has 0 bridgehead atoms. The van der Waals surface area contributed by atoms with E-state index in [2.05, 4.69) is 5.32 Å². The minimum Gasteiger partial charge on any atom is -0.394 e. The first-order valence-corrected chi connectivity index (χ1v) is 10.6. The van der Waals surface area contributed by atoms with Crippen molar-refractivity contribution in [3.63, 3.8) is 0 Å². The van der Waals surface area contributed by atoms with Gasteiger partial charge < -0.3 is 34.5 Å². The average Bonchev–Trinajstić information content (AvgIpc) is 2.82. The number of aliphatic hydroxyl groups is 2. The lowest BCUT2D eigenvalue weighted by Gasteiger charge is -2.47. The average molecular weight is 446 g/mol. The molecule has 174 valence electrons. The number of hydrogen-bond donors (Lipinski definition) is 3. The zero-order chi connectivity index (χ0) is 22.9. The maximum absolute atomic E-state index is 11.9. The Morgan fingerprint density at radius 1 is 1.00 bits per heavy atom. The predicted molar refractivity (Wildman–Crippen MR) is 116 cm³/mol. The normalized spacial score (nSPS) is 26.4. The fourth-order valence-corrected chi connectivity index (χ4v) is 3.79. The van der Waals surface area contributed by atoms with E-state index in [9.17, 15) is 15.0 Å². The minimum atomic E-state index is -1.23. The van der Waals surface area contributed by atoms with Gasteiger partial charge in [-0.2, -0.15) is 0 Å². The Labute approximate surface area is 188 Å². The monoisotopic (exact) mass is 445 g/mol. The van der Waals surface area contributed by atoms with E-state index < -0.39 is 43.4 Å². The molecule has 1 aliphatic heterocycles. The second kappa shape index (κ2) is 12.1. The Bertz CT molecular complexity index is 820. The van der Waals surface area contributed by atoms with Crippen molar-refractivity contribution in [2.75, 3.05) is 13.7 Å². The van der Waals surface area contributed by atoms with E-state index in [-0.39, 0.29) is 19.1 Å². The summed E-state index contributed by atoms with van der Waals surface area (Å²) in [7, 11) is 1.45. The Kier molecular flexibility index (Phi) is 9.16. The van der Waals surface area contributed by atoms with E-state index in [0.29, 0.717) is 0 Å². The first-order chi connectivity index (χ1) is 15.5. The molecule has 1 fully saturated rings. The minimum absolute atomic E-state index is 0.235. The van der Waals surface area contributed by atoms with Gasteiger partial charge in [0.2, 0.25) is 5.91 Å².